The Morgan fingerprint density at radius 3 is 2.56 bits per heavy atom. The van der Waals surface area contributed by atoms with Gasteiger partial charge < -0.3 is 20.5 Å². The van der Waals surface area contributed by atoms with Gasteiger partial charge in [-0.1, -0.05) is 0 Å². The minimum atomic E-state index is -1.000. The topological polar surface area (TPSA) is 101 Å². The Morgan fingerprint density at radius 1 is 1.19 bits per heavy atom. The molecule has 2 saturated heterocycles. The van der Waals surface area contributed by atoms with Crippen molar-refractivity contribution in [3.8, 4) is 0 Å². The highest BCUT2D eigenvalue weighted by molar-refractivity contribution is 6.05. The number of ether oxygens (including phenoxy) is 1. The van der Waals surface area contributed by atoms with Gasteiger partial charge in [-0.25, -0.2) is 4.79 Å². The van der Waals surface area contributed by atoms with Gasteiger partial charge in [0.2, 0.25) is 0 Å². The van der Waals surface area contributed by atoms with Gasteiger partial charge in [-0.05, 0) is 55.7 Å². The summed E-state index contributed by atoms with van der Waals surface area (Å²) >= 11 is 0. The fourth-order valence-electron chi connectivity index (χ4n) is 3.80. The van der Waals surface area contributed by atoms with Gasteiger partial charge in [0.25, 0.3) is 5.91 Å². The second kappa shape index (κ2) is 7.09. The van der Waals surface area contributed by atoms with Crippen LogP contribution in [0.1, 0.15) is 51.7 Å². The number of aromatic carboxylic acids is 1. The number of nitrogens with zero attached hydrogens (tertiary/aromatic N) is 1. The summed E-state index contributed by atoms with van der Waals surface area (Å²) in [6.07, 6.45) is 4.60. The normalized spacial score (nSPS) is 20.7. The number of aromatic nitrogens is 1. The van der Waals surface area contributed by atoms with Crippen molar-refractivity contribution in [3.63, 3.8) is 0 Å². The van der Waals surface area contributed by atoms with Crippen LogP contribution in [-0.2, 0) is 4.74 Å². The van der Waals surface area contributed by atoms with E-state index in [9.17, 15) is 9.59 Å². The van der Waals surface area contributed by atoms with Crippen molar-refractivity contribution >= 4 is 17.6 Å². The van der Waals surface area contributed by atoms with Crippen LogP contribution in [-0.4, -0.2) is 40.7 Å². The second-order valence-electron chi connectivity index (χ2n) is 7.07. The number of hydrogen-bond acceptors (Lipinski definition) is 5. The van der Waals surface area contributed by atoms with Crippen molar-refractivity contribution in [2.45, 2.75) is 30.8 Å². The standard InChI is InChI=1S/C20H21N3O4/c24-18(22-14-5-3-13(4-6-14)19(25)26)15-2-1-9-21-17(15)16-12-20(23-16)7-10-27-11-8-20/h1-6,9,16,23H,7-8,10-12H2,(H,22,24)(H,25,26). The molecule has 7 nitrogen and oxygen atoms in total. The molecule has 0 radical (unpaired) electrons. The number of amides is 1. The Balaban J connectivity index is 1.47. The van der Waals surface area contributed by atoms with E-state index in [1.54, 1.807) is 30.5 Å². The molecule has 7 heteroatoms. The minimum Gasteiger partial charge on any atom is -0.478 e. The molecule has 0 saturated carbocycles. The van der Waals surface area contributed by atoms with Crippen LogP contribution in [0.3, 0.4) is 0 Å². The quantitative estimate of drug-likeness (QED) is 0.768. The van der Waals surface area contributed by atoms with E-state index in [2.05, 4.69) is 15.6 Å². The molecule has 2 aromatic rings. The predicted molar refractivity (Wildman–Crippen MR) is 98.9 cm³/mol. The Bertz CT molecular complexity index is 852. The maximum atomic E-state index is 12.8. The molecule has 1 amide bonds. The molecule has 1 atom stereocenters. The monoisotopic (exact) mass is 367 g/mol. The number of carboxylic acids is 1. The summed E-state index contributed by atoms with van der Waals surface area (Å²) in [6, 6.07) is 9.65. The van der Waals surface area contributed by atoms with Gasteiger partial charge in [0.05, 0.1) is 22.9 Å². The third-order valence-corrected chi connectivity index (χ3v) is 5.33. The van der Waals surface area contributed by atoms with Crippen molar-refractivity contribution in [3.05, 3.63) is 59.4 Å². The molecule has 3 heterocycles. The maximum absolute atomic E-state index is 12.8. The van der Waals surface area contributed by atoms with Crippen LogP contribution in [0.5, 0.6) is 0 Å². The zero-order valence-electron chi connectivity index (χ0n) is 14.8. The highest BCUT2D eigenvalue weighted by atomic mass is 16.5. The molecule has 0 bridgehead atoms. The smallest absolute Gasteiger partial charge is 0.335 e. The van der Waals surface area contributed by atoms with Gasteiger partial charge in [0, 0.05) is 30.6 Å². The first-order valence-corrected chi connectivity index (χ1v) is 9.01. The minimum absolute atomic E-state index is 0.0550. The Labute approximate surface area is 156 Å². The van der Waals surface area contributed by atoms with Crippen LogP contribution < -0.4 is 10.6 Å². The van der Waals surface area contributed by atoms with Gasteiger partial charge in [-0.2, -0.15) is 0 Å². The number of benzene rings is 1. The van der Waals surface area contributed by atoms with E-state index in [1.165, 1.54) is 12.1 Å². The number of hydrogen-bond donors (Lipinski definition) is 3. The zero-order valence-corrected chi connectivity index (χ0v) is 14.8. The molecule has 2 aliphatic rings. The zero-order chi connectivity index (χ0) is 18.9. The molecule has 3 N–H and O–H groups in total. The summed E-state index contributed by atoms with van der Waals surface area (Å²) in [5, 5.41) is 15.4. The maximum Gasteiger partial charge on any atom is 0.335 e. The van der Waals surface area contributed by atoms with Crippen LogP contribution in [0.4, 0.5) is 5.69 Å². The third kappa shape index (κ3) is 3.56. The molecule has 140 valence electrons. The SMILES string of the molecule is O=C(O)c1ccc(NC(=O)c2cccnc2C2CC3(CCOCC3)N2)cc1. The van der Waals surface area contributed by atoms with Crippen molar-refractivity contribution in [1.29, 1.82) is 0 Å². The van der Waals surface area contributed by atoms with E-state index in [1.807, 2.05) is 0 Å². The van der Waals surface area contributed by atoms with Gasteiger partial charge >= 0.3 is 5.97 Å². The average molecular weight is 367 g/mol. The molecule has 2 fully saturated rings. The molecule has 1 spiro atoms. The van der Waals surface area contributed by atoms with Crippen LogP contribution in [0, 0.1) is 0 Å². The lowest BCUT2D eigenvalue weighted by molar-refractivity contribution is -0.0124. The number of nitrogens with one attached hydrogen (secondary N) is 2. The molecular weight excluding hydrogens is 346 g/mol. The van der Waals surface area contributed by atoms with Gasteiger partial charge in [0.1, 0.15) is 0 Å². The average Bonchev–Trinajstić information content (AvgIpc) is 2.67. The van der Waals surface area contributed by atoms with Crippen LogP contribution in [0.15, 0.2) is 42.6 Å². The lowest BCUT2D eigenvalue weighted by Gasteiger charge is -2.51. The summed E-state index contributed by atoms with van der Waals surface area (Å²) in [5.74, 6) is -1.25. The fourth-order valence-corrected chi connectivity index (χ4v) is 3.80. The number of carboxylic acid groups (broad SMARTS) is 1. The van der Waals surface area contributed by atoms with Crippen LogP contribution in [0.25, 0.3) is 0 Å². The van der Waals surface area contributed by atoms with Crippen molar-refractivity contribution in [2.24, 2.45) is 0 Å². The van der Waals surface area contributed by atoms with E-state index in [0.717, 1.165) is 38.2 Å². The van der Waals surface area contributed by atoms with Crippen LogP contribution in [0.2, 0.25) is 0 Å². The first kappa shape index (κ1) is 17.6. The van der Waals surface area contributed by atoms with Gasteiger partial charge in [-0.15, -0.1) is 0 Å². The van der Waals surface area contributed by atoms with Crippen molar-refractivity contribution < 1.29 is 19.4 Å². The van der Waals surface area contributed by atoms with E-state index < -0.39 is 5.97 Å². The Morgan fingerprint density at radius 2 is 1.89 bits per heavy atom. The fraction of sp³-hybridized carbons (Fsp3) is 0.350. The predicted octanol–water partition coefficient (Wildman–Crippen LogP) is 2.62. The molecule has 1 aromatic heterocycles. The van der Waals surface area contributed by atoms with Crippen molar-refractivity contribution in [1.82, 2.24) is 10.3 Å². The molecule has 1 aromatic carbocycles. The largest absolute Gasteiger partial charge is 0.478 e. The summed E-state index contributed by atoms with van der Waals surface area (Å²) < 4.78 is 5.44. The summed E-state index contributed by atoms with van der Waals surface area (Å²) in [7, 11) is 0. The lowest BCUT2D eigenvalue weighted by atomic mass is 9.74. The molecule has 1 unspecified atom stereocenters. The number of rotatable bonds is 4. The number of carbonyl (C=O) groups is 2. The van der Waals surface area contributed by atoms with E-state index >= 15 is 0 Å². The van der Waals surface area contributed by atoms with Crippen molar-refractivity contribution in [2.75, 3.05) is 18.5 Å². The highest BCUT2D eigenvalue weighted by Gasteiger charge is 2.46. The number of pyridine rings is 1. The summed E-state index contributed by atoms with van der Waals surface area (Å²) in [5.41, 5.74) is 2.10. The lowest BCUT2D eigenvalue weighted by Crippen LogP contribution is -2.61. The second-order valence-corrected chi connectivity index (χ2v) is 7.07. The number of anilines is 1. The first-order chi connectivity index (χ1) is 13.1. The van der Waals surface area contributed by atoms with E-state index in [4.69, 9.17) is 9.84 Å². The van der Waals surface area contributed by atoms with Gasteiger partial charge in [-0.3, -0.25) is 9.78 Å². The van der Waals surface area contributed by atoms with Crippen LogP contribution >= 0.6 is 0 Å². The molecule has 4 rings (SSSR count). The Hall–Kier alpha value is -2.77. The molecular formula is C20H21N3O4. The Kier molecular flexibility index (Phi) is 4.63. The molecule has 0 aliphatic carbocycles. The van der Waals surface area contributed by atoms with E-state index in [-0.39, 0.29) is 23.1 Å². The summed E-state index contributed by atoms with van der Waals surface area (Å²) in [4.78, 5) is 28.1. The summed E-state index contributed by atoms with van der Waals surface area (Å²) in [6.45, 7) is 1.53. The molecule has 2 aliphatic heterocycles. The highest BCUT2D eigenvalue weighted by Crippen LogP contribution is 2.42. The molecule has 27 heavy (non-hydrogen) atoms. The van der Waals surface area contributed by atoms with E-state index in [0.29, 0.717) is 11.3 Å². The first-order valence-electron chi connectivity index (χ1n) is 9.01. The van der Waals surface area contributed by atoms with Gasteiger partial charge in [0.15, 0.2) is 0 Å². The number of carbonyl (C=O) groups excluding carboxylic acids is 1. The third-order valence-electron chi connectivity index (χ3n) is 5.33.